The zero-order valence-electron chi connectivity index (χ0n) is 31.2. The van der Waals surface area contributed by atoms with E-state index < -0.39 is 5.41 Å². The minimum absolute atomic E-state index is 0.483. The summed E-state index contributed by atoms with van der Waals surface area (Å²) in [6.45, 7) is 0. The van der Waals surface area contributed by atoms with E-state index in [9.17, 15) is 0 Å². The van der Waals surface area contributed by atoms with Gasteiger partial charge in [-0.15, -0.1) is 0 Å². The Bertz CT molecular complexity index is 3020. The summed E-state index contributed by atoms with van der Waals surface area (Å²) in [5, 5.41) is 2.27. The van der Waals surface area contributed by atoms with Crippen LogP contribution < -0.4 is 4.90 Å². The van der Waals surface area contributed by atoms with Crippen molar-refractivity contribution in [2.45, 2.75) is 5.41 Å². The molecule has 0 spiro atoms. The minimum atomic E-state index is -0.483. The van der Waals surface area contributed by atoms with Crippen LogP contribution in [0.15, 0.2) is 229 Å². The maximum atomic E-state index is 6.49. The summed E-state index contributed by atoms with van der Waals surface area (Å²) in [6, 6.07) is 81.1. The monoisotopic (exact) mass is 727 g/mol. The molecular formula is C55H37NO. The molecule has 57 heavy (non-hydrogen) atoms. The topological polar surface area (TPSA) is 16.4 Å². The summed E-state index contributed by atoms with van der Waals surface area (Å²) >= 11 is 0. The van der Waals surface area contributed by atoms with E-state index in [1.807, 2.05) is 12.1 Å². The van der Waals surface area contributed by atoms with Crippen LogP contribution in [0.4, 0.5) is 17.1 Å². The predicted octanol–water partition coefficient (Wildman–Crippen LogP) is 14.8. The molecule has 0 atom stereocenters. The molecule has 2 nitrogen and oxygen atoms in total. The third kappa shape index (κ3) is 5.18. The van der Waals surface area contributed by atoms with Crippen LogP contribution in [0.25, 0.3) is 55.3 Å². The van der Waals surface area contributed by atoms with Crippen LogP contribution in [0, 0.1) is 0 Å². The Hall–Kier alpha value is -7.42. The number of benzene rings is 9. The van der Waals surface area contributed by atoms with Crippen molar-refractivity contribution < 1.29 is 4.42 Å². The fourth-order valence-corrected chi connectivity index (χ4v) is 9.31. The van der Waals surface area contributed by atoms with Crippen LogP contribution >= 0.6 is 0 Å². The molecule has 268 valence electrons. The maximum Gasteiger partial charge on any atom is 0.143 e. The van der Waals surface area contributed by atoms with Gasteiger partial charge in [0.05, 0.1) is 5.41 Å². The molecule has 1 aliphatic carbocycles. The van der Waals surface area contributed by atoms with E-state index in [1.165, 1.54) is 33.4 Å². The average molecular weight is 728 g/mol. The molecule has 1 aromatic heterocycles. The summed E-state index contributed by atoms with van der Waals surface area (Å²) in [7, 11) is 0. The van der Waals surface area contributed by atoms with Crippen LogP contribution in [0.1, 0.15) is 22.3 Å². The first kappa shape index (κ1) is 33.0. The Kier molecular flexibility index (Phi) is 7.75. The summed E-state index contributed by atoms with van der Waals surface area (Å²) in [4.78, 5) is 2.38. The van der Waals surface area contributed by atoms with E-state index in [-0.39, 0.29) is 0 Å². The van der Waals surface area contributed by atoms with Gasteiger partial charge in [-0.2, -0.15) is 0 Å². The van der Waals surface area contributed by atoms with Crippen molar-refractivity contribution in [2.24, 2.45) is 0 Å². The predicted molar refractivity (Wildman–Crippen MR) is 237 cm³/mol. The number of para-hydroxylation sites is 3. The Morgan fingerprint density at radius 1 is 0.333 bits per heavy atom. The second-order valence-corrected chi connectivity index (χ2v) is 14.8. The van der Waals surface area contributed by atoms with Gasteiger partial charge >= 0.3 is 0 Å². The van der Waals surface area contributed by atoms with Gasteiger partial charge in [-0.05, 0) is 92.5 Å². The first-order valence-electron chi connectivity index (χ1n) is 19.6. The molecule has 0 aliphatic heterocycles. The molecule has 10 aromatic rings. The number of anilines is 3. The van der Waals surface area contributed by atoms with E-state index in [4.69, 9.17) is 4.42 Å². The largest absolute Gasteiger partial charge is 0.455 e. The Labute approximate surface area is 332 Å². The Morgan fingerprint density at radius 2 is 0.860 bits per heavy atom. The zero-order valence-corrected chi connectivity index (χ0v) is 31.2. The van der Waals surface area contributed by atoms with Crippen LogP contribution in [-0.2, 0) is 5.41 Å². The summed E-state index contributed by atoms with van der Waals surface area (Å²) in [5.41, 5.74) is 16.8. The molecule has 0 unspecified atom stereocenters. The molecule has 0 saturated carbocycles. The van der Waals surface area contributed by atoms with E-state index >= 15 is 0 Å². The molecule has 1 aliphatic rings. The molecule has 0 fully saturated rings. The van der Waals surface area contributed by atoms with Crippen molar-refractivity contribution in [3.8, 4) is 33.4 Å². The third-order valence-electron chi connectivity index (χ3n) is 11.8. The standard InChI is InChI=1S/C55H37NO/c1-4-17-39(18-5-1)55(40-19-6-2-7-20-40)51-29-14-12-25-46(51)47-36-35-43(37-52(47)55)56(41-21-8-3-9-22-41)42-33-31-38(32-34-42)44-23-10-11-24-45(44)49-27-16-28-50-48-26-13-15-30-53(48)57-54(49)50/h1-37H. The van der Waals surface area contributed by atoms with Gasteiger partial charge in [0.15, 0.2) is 0 Å². The zero-order chi connectivity index (χ0) is 37.8. The molecule has 0 radical (unpaired) electrons. The van der Waals surface area contributed by atoms with Gasteiger partial charge in [0.1, 0.15) is 11.2 Å². The fourth-order valence-electron chi connectivity index (χ4n) is 9.31. The van der Waals surface area contributed by atoms with Gasteiger partial charge in [-0.3, -0.25) is 0 Å². The fraction of sp³-hybridized carbons (Fsp3) is 0.0182. The molecule has 0 saturated heterocycles. The normalized spacial score (nSPS) is 12.7. The van der Waals surface area contributed by atoms with Crippen molar-refractivity contribution in [1.29, 1.82) is 0 Å². The highest BCUT2D eigenvalue weighted by atomic mass is 16.3. The molecule has 11 rings (SSSR count). The lowest BCUT2D eigenvalue weighted by Crippen LogP contribution is -2.28. The highest BCUT2D eigenvalue weighted by Crippen LogP contribution is 2.57. The van der Waals surface area contributed by atoms with Gasteiger partial charge in [-0.1, -0.05) is 182 Å². The second-order valence-electron chi connectivity index (χ2n) is 14.8. The molecule has 9 aromatic carbocycles. The number of fused-ring (bicyclic) bond motifs is 6. The summed E-state index contributed by atoms with van der Waals surface area (Å²) in [5.74, 6) is 0. The van der Waals surface area contributed by atoms with Crippen molar-refractivity contribution in [3.63, 3.8) is 0 Å². The molecular weight excluding hydrogens is 691 g/mol. The van der Waals surface area contributed by atoms with Crippen LogP contribution in [0.5, 0.6) is 0 Å². The smallest absolute Gasteiger partial charge is 0.143 e. The van der Waals surface area contributed by atoms with E-state index in [0.29, 0.717) is 0 Å². The number of furan rings is 1. The van der Waals surface area contributed by atoms with E-state index in [1.54, 1.807) is 0 Å². The van der Waals surface area contributed by atoms with Gasteiger partial charge in [0.2, 0.25) is 0 Å². The van der Waals surface area contributed by atoms with Crippen molar-refractivity contribution in [2.75, 3.05) is 4.90 Å². The van der Waals surface area contributed by atoms with E-state index in [0.717, 1.165) is 61.3 Å². The molecule has 1 heterocycles. The third-order valence-corrected chi connectivity index (χ3v) is 11.8. The number of nitrogens with zero attached hydrogens (tertiary/aromatic N) is 1. The number of rotatable bonds is 7. The SMILES string of the molecule is c1ccc(N(c2ccc(-c3ccccc3-c3cccc4c3oc3ccccc34)cc2)c2ccc3c(c2)C(c2ccccc2)(c2ccccc2)c2ccccc2-3)cc1. The highest BCUT2D eigenvalue weighted by molar-refractivity contribution is 6.10. The molecule has 0 bridgehead atoms. The Morgan fingerprint density at radius 3 is 1.60 bits per heavy atom. The van der Waals surface area contributed by atoms with Crippen molar-refractivity contribution >= 4 is 39.0 Å². The first-order chi connectivity index (χ1) is 28.3. The Balaban J connectivity index is 1.06. The lowest BCUT2D eigenvalue weighted by atomic mass is 9.67. The van der Waals surface area contributed by atoms with Crippen molar-refractivity contribution in [1.82, 2.24) is 0 Å². The number of hydrogen-bond donors (Lipinski definition) is 0. The van der Waals surface area contributed by atoms with Gasteiger partial charge < -0.3 is 9.32 Å². The molecule has 0 N–H and O–H groups in total. The second kappa shape index (κ2) is 13.4. The summed E-state index contributed by atoms with van der Waals surface area (Å²) < 4.78 is 6.49. The molecule has 0 amide bonds. The average Bonchev–Trinajstić information content (AvgIpc) is 3.82. The molecule has 2 heteroatoms. The lowest BCUT2D eigenvalue weighted by molar-refractivity contribution is 0.670. The summed E-state index contributed by atoms with van der Waals surface area (Å²) in [6.07, 6.45) is 0. The highest BCUT2D eigenvalue weighted by Gasteiger charge is 2.46. The number of hydrogen-bond acceptors (Lipinski definition) is 2. The van der Waals surface area contributed by atoms with Crippen molar-refractivity contribution in [3.05, 3.63) is 247 Å². The lowest BCUT2D eigenvalue weighted by Gasteiger charge is -2.35. The van der Waals surface area contributed by atoms with Gasteiger partial charge in [0, 0.05) is 33.4 Å². The quantitative estimate of drug-likeness (QED) is 0.163. The van der Waals surface area contributed by atoms with Crippen LogP contribution in [-0.4, -0.2) is 0 Å². The van der Waals surface area contributed by atoms with Gasteiger partial charge in [-0.25, -0.2) is 0 Å². The van der Waals surface area contributed by atoms with Crippen LogP contribution in [0.2, 0.25) is 0 Å². The van der Waals surface area contributed by atoms with Crippen LogP contribution in [0.3, 0.4) is 0 Å². The maximum absolute atomic E-state index is 6.49. The van der Waals surface area contributed by atoms with Gasteiger partial charge in [0.25, 0.3) is 0 Å². The van der Waals surface area contributed by atoms with E-state index in [2.05, 4.69) is 217 Å². The first-order valence-corrected chi connectivity index (χ1v) is 19.6. The minimum Gasteiger partial charge on any atom is -0.455 e.